The summed E-state index contributed by atoms with van der Waals surface area (Å²) in [5.41, 5.74) is 0. The van der Waals surface area contributed by atoms with Gasteiger partial charge in [-0.05, 0) is 13.1 Å². The van der Waals surface area contributed by atoms with Crippen molar-refractivity contribution in [3.63, 3.8) is 0 Å². The van der Waals surface area contributed by atoms with E-state index in [0.717, 1.165) is 5.01 Å². The fourth-order valence-corrected chi connectivity index (χ4v) is 1.93. The average Bonchev–Trinajstić information content (AvgIpc) is 2.84. The molecule has 0 spiro atoms. The Morgan fingerprint density at radius 1 is 1.56 bits per heavy atom. The van der Waals surface area contributed by atoms with Crippen LogP contribution in [0.15, 0.2) is 16.5 Å². The molecule has 0 atom stereocenters. The molecule has 2 aromatic rings. The van der Waals surface area contributed by atoms with Crippen molar-refractivity contribution in [1.29, 1.82) is 0 Å². The van der Waals surface area contributed by atoms with E-state index in [0.29, 0.717) is 17.3 Å². The summed E-state index contributed by atoms with van der Waals surface area (Å²) in [4.78, 5) is 9.84. The molecule has 2 aromatic heterocycles. The molecule has 0 aliphatic heterocycles. The Bertz CT molecular complexity index is 507. The Kier molecular flexibility index (Phi) is 2.93. The molecule has 0 aliphatic rings. The molecule has 84 valence electrons. The summed E-state index contributed by atoms with van der Waals surface area (Å²) in [7, 11) is 1.80. The molecule has 1 N–H and O–H groups in total. The van der Waals surface area contributed by atoms with Gasteiger partial charge in [0.25, 0.3) is 0 Å². The molecule has 16 heavy (non-hydrogen) atoms. The van der Waals surface area contributed by atoms with E-state index in [1.54, 1.807) is 7.05 Å². The summed E-state index contributed by atoms with van der Waals surface area (Å²) < 4.78 is 5.01. The highest BCUT2D eigenvalue weighted by atomic mass is 32.1. The molecule has 0 amide bonds. The molecule has 0 bridgehead atoms. The number of hydrogen-bond donors (Lipinski definition) is 1. The maximum atomic E-state index is 10.4. The number of nitrogens with zero attached hydrogens (tertiary/aromatic N) is 3. The minimum Gasteiger partial charge on any atom is -0.398 e. The van der Waals surface area contributed by atoms with Crippen molar-refractivity contribution in [2.24, 2.45) is 0 Å². The zero-order chi connectivity index (χ0) is 11.5. The number of nitro groups is 1. The third kappa shape index (κ3) is 2.07. The Hall–Kier alpha value is -1.80. The van der Waals surface area contributed by atoms with Gasteiger partial charge < -0.3 is 9.73 Å². The third-order valence-corrected chi connectivity index (χ3v) is 2.72. The smallest absolute Gasteiger partial charge is 0.398 e. The standard InChI is InChI=1S/C8H8N4O3S/c1-9-4-6-10-11-8(16-6)5-2-3-7(15-5)12(13)14/h2-3,9H,4H2,1H3. The molecule has 2 heterocycles. The molecular formula is C8H8N4O3S. The molecule has 0 saturated carbocycles. The van der Waals surface area contributed by atoms with Crippen LogP contribution in [0.5, 0.6) is 0 Å². The number of aromatic nitrogens is 2. The summed E-state index contributed by atoms with van der Waals surface area (Å²) in [6, 6.07) is 2.82. The number of hydrogen-bond acceptors (Lipinski definition) is 7. The van der Waals surface area contributed by atoms with E-state index in [1.165, 1.54) is 23.5 Å². The lowest BCUT2D eigenvalue weighted by Crippen LogP contribution is -2.04. The minimum atomic E-state index is -0.584. The molecule has 0 saturated heterocycles. The van der Waals surface area contributed by atoms with E-state index >= 15 is 0 Å². The van der Waals surface area contributed by atoms with Crippen LogP contribution in [0.4, 0.5) is 5.88 Å². The number of furan rings is 1. The first-order chi connectivity index (χ1) is 7.70. The molecule has 0 radical (unpaired) electrons. The first-order valence-corrected chi connectivity index (χ1v) is 5.24. The molecule has 0 aliphatic carbocycles. The first-order valence-electron chi connectivity index (χ1n) is 4.42. The Labute approximate surface area is 94.3 Å². The summed E-state index contributed by atoms with van der Waals surface area (Å²) in [5, 5.41) is 22.5. The van der Waals surface area contributed by atoms with Gasteiger partial charge in [-0.1, -0.05) is 11.3 Å². The van der Waals surface area contributed by atoms with Crippen molar-refractivity contribution >= 4 is 17.2 Å². The highest BCUT2D eigenvalue weighted by molar-refractivity contribution is 7.14. The van der Waals surface area contributed by atoms with Crippen LogP contribution in [-0.4, -0.2) is 22.2 Å². The third-order valence-electron chi connectivity index (χ3n) is 1.78. The zero-order valence-corrected chi connectivity index (χ0v) is 9.15. The fourth-order valence-electron chi connectivity index (χ4n) is 1.12. The SMILES string of the molecule is CNCc1nnc(-c2ccc([N+](=O)[O-])o2)s1. The van der Waals surface area contributed by atoms with E-state index in [2.05, 4.69) is 15.5 Å². The van der Waals surface area contributed by atoms with Crippen molar-refractivity contribution in [3.05, 3.63) is 27.3 Å². The Balaban J connectivity index is 2.24. The lowest BCUT2D eigenvalue weighted by atomic mass is 10.5. The zero-order valence-electron chi connectivity index (χ0n) is 8.34. The first kappa shape index (κ1) is 10.7. The van der Waals surface area contributed by atoms with Crippen LogP contribution >= 0.6 is 11.3 Å². The summed E-state index contributed by atoms with van der Waals surface area (Å²) in [6.07, 6.45) is 0. The van der Waals surface area contributed by atoms with Crippen molar-refractivity contribution in [2.75, 3.05) is 7.05 Å². The van der Waals surface area contributed by atoms with Gasteiger partial charge in [-0.15, -0.1) is 10.2 Å². The summed E-state index contributed by atoms with van der Waals surface area (Å²) >= 11 is 1.33. The van der Waals surface area contributed by atoms with Crippen molar-refractivity contribution < 1.29 is 9.34 Å². The van der Waals surface area contributed by atoms with Crippen LogP contribution in [-0.2, 0) is 6.54 Å². The predicted molar refractivity (Wildman–Crippen MR) is 57.0 cm³/mol. The van der Waals surface area contributed by atoms with Crippen LogP contribution < -0.4 is 5.32 Å². The molecular weight excluding hydrogens is 232 g/mol. The van der Waals surface area contributed by atoms with Crippen LogP contribution in [0, 0.1) is 10.1 Å². The van der Waals surface area contributed by atoms with Gasteiger partial charge in [0.2, 0.25) is 0 Å². The van der Waals surface area contributed by atoms with Crippen molar-refractivity contribution in [3.8, 4) is 10.8 Å². The second-order valence-corrected chi connectivity index (χ2v) is 3.99. The monoisotopic (exact) mass is 240 g/mol. The van der Waals surface area contributed by atoms with Gasteiger partial charge in [-0.2, -0.15) is 0 Å². The number of nitrogens with one attached hydrogen (secondary N) is 1. The number of rotatable bonds is 4. The molecule has 2 rings (SSSR count). The molecule has 7 nitrogen and oxygen atoms in total. The second-order valence-electron chi connectivity index (χ2n) is 2.93. The normalized spacial score (nSPS) is 10.6. The van der Waals surface area contributed by atoms with Gasteiger partial charge in [0.05, 0.1) is 6.07 Å². The topological polar surface area (TPSA) is 94.1 Å². The summed E-state index contributed by atoms with van der Waals surface area (Å²) in [5.74, 6) is 0.0759. The summed E-state index contributed by atoms with van der Waals surface area (Å²) in [6.45, 7) is 0.612. The van der Waals surface area contributed by atoms with Crippen LogP contribution in [0.2, 0.25) is 0 Å². The molecule has 8 heteroatoms. The lowest BCUT2D eigenvalue weighted by molar-refractivity contribution is -0.401. The lowest BCUT2D eigenvalue weighted by Gasteiger charge is -1.88. The minimum absolute atomic E-state index is 0.291. The van der Waals surface area contributed by atoms with E-state index in [9.17, 15) is 10.1 Å². The highest BCUT2D eigenvalue weighted by Crippen LogP contribution is 2.28. The van der Waals surface area contributed by atoms with Crippen LogP contribution in [0.3, 0.4) is 0 Å². The maximum absolute atomic E-state index is 10.4. The quantitative estimate of drug-likeness (QED) is 0.641. The van der Waals surface area contributed by atoms with E-state index in [1.807, 2.05) is 0 Å². The maximum Gasteiger partial charge on any atom is 0.433 e. The van der Waals surface area contributed by atoms with Crippen molar-refractivity contribution in [2.45, 2.75) is 6.54 Å². The predicted octanol–water partition coefficient (Wildman–Crippen LogP) is 1.43. The highest BCUT2D eigenvalue weighted by Gasteiger charge is 2.16. The molecule has 0 aromatic carbocycles. The average molecular weight is 240 g/mol. The van der Waals surface area contributed by atoms with Crippen LogP contribution in [0.25, 0.3) is 10.8 Å². The second kappa shape index (κ2) is 4.37. The Morgan fingerprint density at radius 3 is 3.00 bits per heavy atom. The fraction of sp³-hybridized carbons (Fsp3) is 0.250. The largest absolute Gasteiger partial charge is 0.433 e. The van der Waals surface area contributed by atoms with Crippen LogP contribution in [0.1, 0.15) is 5.01 Å². The van der Waals surface area contributed by atoms with Gasteiger partial charge in [-0.25, -0.2) is 0 Å². The van der Waals surface area contributed by atoms with E-state index in [-0.39, 0.29) is 5.88 Å². The van der Waals surface area contributed by atoms with E-state index in [4.69, 9.17) is 4.42 Å². The van der Waals surface area contributed by atoms with Gasteiger partial charge in [0, 0.05) is 6.54 Å². The molecule has 0 fully saturated rings. The Morgan fingerprint density at radius 2 is 2.38 bits per heavy atom. The van der Waals surface area contributed by atoms with Gasteiger partial charge >= 0.3 is 5.88 Å². The van der Waals surface area contributed by atoms with E-state index < -0.39 is 4.92 Å². The van der Waals surface area contributed by atoms with Gasteiger partial charge in [0.1, 0.15) is 9.93 Å². The van der Waals surface area contributed by atoms with Gasteiger partial charge in [0.15, 0.2) is 10.8 Å². The van der Waals surface area contributed by atoms with Crippen molar-refractivity contribution in [1.82, 2.24) is 15.5 Å². The molecule has 0 unspecified atom stereocenters. The van der Waals surface area contributed by atoms with Gasteiger partial charge in [-0.3, -0.25) is 10.1 Å².